The van der Waals surface area contributed by atoms with Gasteiger partial charge in [0, 0.05) is 23.1 Å². The first kappa shape index (κ1) is 21.2. The molecule has 0 spiro atoms. The van der Waals surface area contributed by atoms with Gasteiger partial charge in [-0.05, 0) is 54.8 Å². The Hall–Kier alpha value is -1.48. The van der Waals surface area contributed by atoms with Crippen molar-refractivity contribution in [1.29, 1.82) is 0 Å². The second-order valence-corrected chi connectivity index (χ2v) is 10.6. The zero-order valence-electron chi connectivity index (χ0n) is 15.2. The molecule has 0 aromatic heterocycles. The van der Waals surface area contributed by atoms with Crippen LogP contribution in [-0.4, -0.2) is 48.3 Å². The molecule has 4 nitrogen and oxygen atoms in total. The Morgan fingerprint density at radius 1 is 1.07 bits per heavy atom. The van der Waals surface area contributed by atoms with Crippen molar-refractivity contribution in [2.75, 3.05) is 11.5 Å². The standard InChI is InChI=1S/C19H22F3NO3S2/c20-19(21,22)27-17-8-5-14(6-9-17)7-10-18(24)23(15-3-1-2-4-15)16-11-12-28(25,26)13-16/h5-10,15-16H,1-4,11-13H2. The number of alkyl halides is 3. The third-order valence-corrected chi connectivity index (χ3v) is 7.60. The number of carbonyl (C=O) groups is 1. The molecule has 1 amide bonds. The second kappa shape index (κ2) is 8.49. The number of halogens is 3. The molecule has 28 heavy (non-hydrogen) atoms. The predicted octanol–water partition coefficient (Wildman–Crippen LogP) is 4.27. The molecule has 1 aliphatic carbocycles. The van der Waals surface area contributed by atoms with Crippen LogP contribution < -0.4 is 0 Å². The van der Waals surface area contributed by atoms with Crippen LogP contribution >= 0.6 is 11.8 Å². The number of benzene rings is 1. The predicted molar refractivity (Wildman–Crippen MR) is 104 cm³/mol. The Bertz CT molecular complexity index is 829. The zero-order valence-corrected chi connectivity index (χ0v) is 16.8. The number of thioether (sulfide) groups is 1. The normalized spacial score (nSPS) is 22.8. The molecular weight excluding hydrogens is 411 g/mol. The molecule has 1 saturated carbocycles. The molecule has 1 aromatic carbocycles. The van der Waals surface area contributed by atoms with Crippen LogP contribution in [0.4, 0.5) is 13.2 Å². The fourth-order valence-electron chi connectivity index (χ4n) is 3.87. The lowest BCUT2D eigenvalue weighted by Gasteiger charge is -2.33. The summed E-state index contributed by atoms with van der Waals surface area (Å²) in [6, 6.07) is 5.54. The molecule has 1 saturated heterocycles. The summed E-state index contributed by atoms with van der Waals surface area (Å²) >= 11 is -0.184. The molecule has 0 N–H and O–H groups in total. The first-order valence-electron chi connectivity index (χ1n) is 9.20. The highest BCUT2D eigenvalue weighted by molar-refractivity contribution is 8.00. The van der Waals surface area contributed by atoms with Gasteiger partial charge in [0.15, 0.2) is 9.84 Å². The number of hydrogen-bond acceptors (Lipinski definition) is 4. The Balaban J connectivity index is 1.70. The van der Waals surface area contributed by atoms with E-state index >= 15 is 0 Å². The molecule has 1 heterocycles. The van der Waals surface area contributed by atoms with Gasteiger partial charge < -0.3 is 4.90 Å². The van der Waals surface area contributed by atoms with Crippen molar-refractivity contribution < 1.29 is 26.4 Å². The largest absolute Gasteiger partial charge is 0.446 e. The van der Waals surface area contributed by atoms with Crippen LogP contribution in [0.1, 0.15) is 37.7 Å². The SMILES string of the molecule is O=C(C=Cc1ccc(SC(F)(F)F)cc1)N(C1CCCC1)C1CCS(=O)(=O)C1. The van der Waals surface area contributed by atoms with Crippen LogP contribution in [0.25, 0.3) is 6.08 Å². The maximum absolute atomic E-state index is 12.8. The van der Waals surface area contributed by atoms with Gasteiger partial charge in [0.1, 0.15) is 0 Å². The van der Waals surface area contributed by atoms with Crippen LogP contribution in [0.3, 0.4) is 0 Å². The van der Waals surface area contributed by atoms with Gasteiger partial charge in [0.05, 0.1) is 11.5 Å². The Morgan fingerprint density at radius 2 is 1.71 bits per heavy atom. The lowest BCUT2D eigenvalue weighted by atomic mass is 10.1. The van der Waals surface area contributed by atoms with Crippen LogP contribution in [-0.2, 0) is 14.6 Å². The summed E-state index contributed by atoms with van der Waals surface area (Å²) in [6.07, 6.45) is 7.22. The molecule has 0 radical (unpaired) electrons. The molecule has 0 bridgehead atoms. The van der Waals surface area contributed by atoms with E-state index in [1.807, 2.05) is 0 Å². The van der Waals surface area contributed by atoms with Crippen molar-refractivity contribution in [2.24, 2.45) is 0 Å². The minimum Gasteiger partial charge on any atom is -0.332 e. The third kappa shape index (κ3) is 5.76. The van der Waals surface area contributed by atoms with Crippen molar-refractivity contribution >= 4 is 33.6 Å². The Morgan fingerprint density at radius 3 is 2.25 bits per heavy atom. The summed E-state index contributed by atoms with van der Waals surface area (Å²) in [6.45, 7) is 0. The van der Waals surface area contributed by atoms with Gasteiger partial charge in [-0.1, -0.05) is 25.0 Å². The van der Waals surface area contributed by atoms with Gasteiger partial charge in [0.2, 0.25) is 5.91 Å². The van der Waals surface area contributed by atoms with Crippen LogP contribution in [0.2, 0.25) is 0 Å². The number of nitrogens with zero attached hydrogens (tertiary/aromatic N) is 1. The number of hydrogen-bond donors (Lipinski definition) is 0. The van der Waals surface area contributed by atoms with E-state index in [-0.39, 0.29) is 46.2 Å². The average molecular weight is 434 g/mol. The number of rotatable bonds is 5. The maximum Gasteiger partial charge on any atom is 0.446 e. The van der Waals surface area contributed by atoms with E-state index in [2.05, 4.69) is 0 Å². The van der Waals surface area contributed by atoms with Gasteiger partial charge in [-0.15, -0.1) is 0 Å². The van der Waals surface area contributed by atoms with E-state index in [9.17, 15) is 26.4 Å². The van der Waals surface area contributed by atoms with Crippen molar-refractivity contribution in [3.05, 3.63) is 35.9 Å². The van der Waals surface area contributed by atoms with Crippen LogP contribution in [0, 0.1) is 0 Å². The molecule has 2 fully saturated rings. The van der Waals surface area contributed by atoms with Gasteiger partial charge in [0.25, 0.3) is 0 Å². The second-order valence-electron chi connectivity index (χ2n) is 7.19. The van der Waals surface area contributed by atoms with Gasteiger partial charge in [-0.3, -0.25) is 4.79 Å². The quantitative estimate of drug-likeness (QED) is 0.514. The summed E-state index contributed by atoms with van der Waals surface area (Å²) in [5.41, 5.74) is -3.72. The highest BCUT2D eigenvalue weighted by atomic mass is 32.2. The van der Waals surface area contributed by atoms with Crippen molar-refractivity contribution in [3.8, 4) is 0 Å². The number of amides is 1. The number of carbonyl (C=O) groups excluding carboxylic acids is 1. The van der Waals surface area contributed by atoms with E-state index in [4.69, 9.17) is 0 Å². The van der Waals surface area contributed by atoms with Gasteiger partial charge >= 0.3 is 5.51 Å². The lowest BCUT2D eigenvalue weighted by Crippen LogP contribution is -2.46. The molecule has 154 valence electrons. The molecule has 1 unspecified atom stereocenters. The molecule has 9 heteroatoms. The smallest absolute Gasteiger partial charge is 0.332 e. The molecule has 1 aliphatic heterocycles. The summed E-state index contributed by atoms with van der Waals surface area (Å²) < 4.78 is 60.9. The van der Waals surface area contributed by atoms with Crippen molar-refractivity contribution in [3.63, 3.8) is 0 Å². The summed E-state index contributed by atoms with van der Waals surface area (Å²) in [7, 11) is -3.10. The van der Waals surface area contributed by atoms with E-state index < -0.39 is 15.3 Å². The monoisotopic (exact) mass is 433 g/mol. The molecule has 3 rings (SSSR count). The third-order valence-electron chi connectivity index (χ3n) is 5.11. The summed E-state index contributed by atoms with van der Waals surface area (Å²) in [5, 5.41) is 0. The highest BCUT2D eigenvalue weighted by Crippen LogP contribution is 2.36. The van der Waals surface area contributed by atoms with E-state index in [0.29, 0.717) is 12.0 Å². The maximum atomic E-state index is 12.8. The van der Waals surface area contributed by atoms with E-state index in [1.54, 1.807) is 11.0 Å². The highest BCUT2D eigenvalue weighted by Gasteiger charge is 2.38. The van der Waals surface area contributed by atoms with Crippen molar-refractivity contribution in [2.45, 2.75) is 54.6 Å². The minimum absolute atomic E-state index is 0.00639. The van der Waals surface area contributed by atoms with Gasteiger partial charge in [-0.2, -0.15) is 13.2 Å². The van der Waals surface area contributed by atoms with E-state index in [1.165, 1.54) is 30.3 Å². The number of sulfone groups is 1. The first-order chi connectivity index (χ1) is 13.1. The average Bonchev–Trinajstić information content (AvgIpc) is 3.23. The summed E-state index contributed by atoms with van der Waals surface area (Å²) in [4.78, 5) is 14.7. The minimum atomic E-state index is -4.34. The van der Waals surface area contributed by atoms with E-state index in [0.717, 1.165) is 25.7 Å². The molecule has 1 aromatic rings. The van der Waals surface area contributed by atoms with Crippen molar-refractivity contribution in [1.82, 2.24) is 4.90 Å². The first-order valence-corrected chi connectivity index (χ1v) is 11.8. The lowest BCUT2D eigenvalue weighted by molar-refractivity contribution is -0.130. The Kier molecular flexibility index (Phi) is 6.44. The topological polar surface area (TPSA) is 54.5 Å². The van der Waals surface area contributed by atoms with Gasteiger partial charge in [-0.25, -0.2) is 8.42 Å². The summed E-state index contributed by atoms with van der Waals surface area (Å²) in [5.74, 6) is -0.120. The van der Waals surface area contributed by atoms with Crippen LogP contribution in [0.15, 0.2) is 35.2 Å². The van der Waals surface area contributed by atoms with Crippen LogP contribution in [0.5, 0.6) is 0 Å². The fraction of sp³-hybridized carbons (Fsp3) is 0.526. The molecule has 1 atom stereocenters. The molecule has 2 aliphatic rings. The Labute approximate surface area is 167 Å². The molecular formula is C19H22F3NO3S2. The fourth-order valence-corrected chi connectivity index (χ4v) is 6.12. The zero-order chi connectivity index (χ0) is 20.4.